The summed E-state index contributed by atoms with van der Waals surface area (Å²) in [6.45, 7) is 4.92. The molecule has 0 aliphatic heterocycles. The van der Waals surface area contributed by atoms with Gasteiger partial charge in [-0.2, -0.15) is 5.10 Å². The van der Waals surface area contributed by atoms with Crippen LogP contribution < -0.4 is 11.3 Å². The molecule has 2 aromatic rings. The summed E-state index contributed by atoms with van der Waals surface area (Å²) in [5.41, 5.74) is 5.87. The summed E-state index contributed by atoms with van der Waals surface area (Å²) < 4.78 is 1.87. The standard InChI is InChI=1S/C12H17N5/c1-3-17-8-10(7-15-17)12(16-13)11-9(2)5-4-6-14-11/h4-8,12,16H,3,13H2,1-2H3. The number of pyridine rings is 1. The predicted molar refractivity (Wildman–Crippen MR) is 66.0 cm³/mol. The van der Waals surface area contributed by atoms with Gasteiger partial charge >= 0.3 is 0 Å². The van der Waals surface area contributed by atoms with E-state index in [4.69, 9.17) is 5.84 Å². The van der Waals surface area contributed by atoms with Gasteiger partial charge in [0, 0.05) is 24.5 Å². The number of hydrogen-bond donors (Lipinski definition) is 2. The highest BCUT2D eigenvalue weighted by molar-refractivity contribution is 5.29. The zero-order valence-electron chi connectivity index (χ0n) is 10.1. The van der Waals surface area contributed by atoms with Gasteiger partial charge in [0.25, 0.3) is 0 Å². The van der Waals surface area contributed by atoms with E-state index < -0.39 is 0 Å². The van der Waals surface area contributed by atoms with Gasteiger partial charge in [0.1, 0.15) is 0 Å². The first-order chi connectivity index (χ1) is 8.26. The molecule has 0 bridgehead atoms. The van der Waals surface area contributed by atoms with Crippen molar-refractivity contribution in [2.24, 2.45) is 5.84 Å². The number of aromatic nitrogens is 3. The molecule has 5 nitrogen and oxygen atoms in total. The fourth-order valence-electron chi connectivity index (χ4n) is 1.83. The van der Waals surface area contributed by atoms with Crippen LogP contribution in [0.4, 0.5) is 0 Å². The first kappa shape index (κ1) is 11.8. The molecule has 0 aliphatic carbocycles. The molecule has 0 saturated carbocycles. The predicted octanol–water partition coefficient (Wildman–Crippen LogP) is 1.16. The van der Waals surface area contributed by atoms with Gasteiger partial charge in [-0.25, -0.2) is 5.43 Å². The first-order valence-electron chi connectivity index (χ1n) is 5.66. The van der Waals surface area contributed by atoms with Crippen LogP contribution in [0.25, 0.3) is 0 Å². The van der Waals surface area contributed by atoms with Crippen LogP contribution in [0, 0.1) is 6.92 Å². The van der Waals surface area contributed by atoms with Gasteiger partial charge in [-0.3, -0.25) is 15.5 Å². The Balaban J connectivity index is 2.36. The maximum absolute atomic E-state index is 5.63. The zero-order chi connectivity index (χ0) is 12.3. The number of aryl methyl sites for hydroxylation is 2. The Labute approximate surface area is 101 Å². The molecule has 2 aromatic heterocycles. The average Bonchev–Trinajstić information content (AvgIpc) is 2.81. The second kappa shape index (κ2) is 5.07. The zero-order valence-corrected chi connectivity index (χ0v) is 10.1. The molecule has 2 rings (SSSR count). The number of hydrogen-bond acceptors (Lipinski definition) is 4. The van der Waals surface area contributed by atoms with Crippen LogP contribution in [-0.4, -0.2) is 14.8 Å². The van der Waals surface area contributed by atoms with E-state index in [9.17, 15) is 0 Å². The number of hydrazine groups is 1. The topological polar surface area (TPSA) is 68.8 Å². The van der Waals surface area contributed by atoms with Gasteiger partial charge in [-0.05, 0) is 25.5 Å². The van der Waals surface area contributed by atoms with Crippen LogP contribution >= 0.6 is 0 Å². The summed E-state index contributed by atoms with van der Waals surface area (Å²) in [4.78, 5) is 4.38. The second-order valence-corrected chi connectivity index (χ2v) is 3.93. The summed E-state index contributed by atoms with van der Waals surface area (Å²) >= 11 is 0. The molecule has 1 unspecified atom stereocenters. The Morgan fingerprint density at radius 1 is 1.53 bits per heavy atom. The molecule has 0 spiro atoms. The third-order valence-electron chi connectivity index (χ3n) is 2.80. The SMILES string of the molecule is CCn1cc(C(NN)c2ncccc2C)cn1. The molecule has 1 atom stereocenters. The molecule has 0 radical (unpaired) electrons. The van der Waals surface area contributed by atoms with Crippen molar-refractivity contribution in [2.45, 2.75) is 26.4 Å². The van der Waals surface area contributed by atoms with E-state index in [1.165, 1.54) is 0 Å². The highest BCUT2D eigenvalue weighted by atomic mass is 15.3. The monoisotopic (exact) mass is 231 g/mol. The van der Waals surface area contributed by atoms with Gasteiger partial charge in [0.2, 0.25) is 0 Å². The highest BCUT2D eigenvalue weighted by Gasteiger charge is 2.17. The largest absolute Gasteiger partial charge is 0.273 e. The fraction of sp³-hybridized carbons (Fsp3) is 0.333. The van der Waals surface area contributed by atoms with Gasteiger partial charge in [-0.15, -0.1) is 0 Å². The number of nitrogens with one attached hydrogen (secondary N) is 1. The number of nitrogens with two attached hydrogens (primary N) is 1. The molecule has 0 amide bonds. The van der Waals surface area contributed by atoms with E-state index in [1.807, 2.05) is 43.1 Å². The Kier molecular flexibility index (Phi) is 3.51. The fourth-order valence-corrected chi connectivity index (χ4v) is 1.83. The van der Waals surface area contributed by atoms with Crippen molar-refractivity contribution in [3.8, 4) is 0 Å². The summed E-state index contributed by atoms with van der Waals surface area (Å²) in [7, 11) is 0. The van der Waals surface area contributed by atoms with Crippen molar-refractivity contribution in [1.82, 2.24) is 20.2 Å². The summed E-state index contributed by atoms with van der Waals surface area (Å²) in [6, 6.07) is 3.83. The number of rotatable bonds is 4. The third-order valence-corrected chi connectivity index (χ3v) is 2.80. The first-order valence-corrected chi connectivity index (χ1v) is 5.66. The summed E-state index contributed by atoms with van der Waals surface area (Å²) in [5, 5.41) is 4.25. The lowest BCUT2D eigenvalue weighted by Crippen LogP contribution is -2.29. The quantitative estimate of drug-likeness (QED) is 0.612. The Hall–Kier alpha value is -1.72. The third kappa shape index (κ3) is 2.35. The molecule has 0 saturated heterocycles. The highest BCUT2D eigenvalue weighted by Crippen LogP contribution is 2.21. The summed E-state index contributed by atoms with van der Waals surface area (Å²) in [5.74, 6) is 5.63. The van der Waals surface area contributed by atoms with Crippen molar-refractivity contribution in [1.29, 1.82) is 0 Å². The molecule has 90 valence electrons. The molecular weight excluding hydrogens is 214 g/mol. The molecular formula is C12H17N5. The van der Waals surface area contributed by atoms with Crippen molar-refractivity contribution in [3.63, 3.8) is 0 Å². The van der Waals surface area contributed by atoms with Crippen LogP contribution in [0.2, 0.25) is 0 Å². The van der Waals surface area contributed by atoms with Crippen LogP contribution in [0.5, 0.6) is 0 Å². The van der Waals surface area contributed by atoms with E-state index >= 15 is 0 Å². The normalized spacial score (nSPS) is 12.6. The van der Waals surface area contributed by atoms with E-state index in [-0.39, 0.29) is 6.04 Å². The van der Waals surface area contributed by atoms with Crippen LogP contribution in [0.1, 0.15) is 29.8 Å². The van der Waals surface area contributed by atoms with Crippen LogP contribution in [0.15, 0.2) is 30.7 Å². The minimum absolute atomic E-state index is 0.114. The lowest BCUT2D eigenvalue weighted by molar-refractivity contribution is 0.613. The molecule has 5 heteroatoms. The van der Waals surface area contributed by atoms with E-state index in [0.29, 0.717) is 0 Å². The van der Waals surface area contributed by atoms with Crippen molar-refractivity contribution in [3.05, 3.63) is 47.5 Å². The van der Waals surface area contributed by atoms with Crippen LogP contribution in [0.3, 0.4) is 0 Å². The van der Waals surface area contributed by atoms with Gasteiger partial charge in [0.15, 0.2) is 0 Å². The molecule has 17 heavy (non-hydrogen) atoms. The molecule has 2 heterocycles. The Morgan fingerprint density at radius 2 is 2.35 bits per heavy atom. The van der Waals surface area contributed by atoms with Gasteiger partial charge in [0.05, 0.1) is 17.9 Å². The van der Waals surface area contributed by atoms with Crippen LogP contribution in [-0.2, 0) is 6.54 Å². The Morgan fingerprint density at radius 3 is 2.94 bits per heavy atom. The molecule has 0 aliphatic rings. The molecule has 0 fully saturated rings. The van der Waals surface area contributed by atoms with E-state index in [2.05, 4.69) is 15.5 Å². The Bertz CT molecular complexity index is 491. The molecule has 3 N–H and O–H groups in total. The molecule has 0 aromatic carbocycles. The van der Waals surface area contributed by atoms with Crippen molar-refractivity contribution in [2.75, 3.05) is 0 Å². The summed E-state index contributed by atoms with van der Waals surface area (Å²) in [6.07, 6.45) is 5.58. The van der Waals surface area contributed by atoms with Gasteiger partial charge < -0.3 is 0 Å². The maximum atomic E-state index is 5.63. The lowest BCUT2D eigenvalue weighted by Gasteiger charge is -2.15. The van der Waals surface area contributed by atoms with E-state index in [1.54, 1.807) is 6.20 Å². The maximum Gasteiger partial charge on any atom is 0.0914 e. The van der Waals surface area contributed by atoms with Crippen molar-refractivity contribution < 1.29 is 0 Å². The van der Waals surface area contributed by atoms with Crippen molar-refractivity contribution >= 4 is 0 Å². The number of nitrogens with zero attached hydrogens (tertiary/aromatic N) is 3. The lowest BCUT2D eigenvalue weighted by atomic mass is 10.0. The second-order valence-electron chi connectivity index (χ2n) is 3.93. The van der Waals surface area contributed by atoms with Gasteiger partial charge in [-0.1, -0.05) is 6.07 Å². The minimum atomic E-state index is -0.114. The average molecular weight is 231 g/mol. The minimum Gasteiger partial charge on any atom is -0.273 e. The van der Waals surface area contributed by atoms with E-state index in [0.717, 1.165) is 23.4 Å². The smallest absolute Gasteiger partial charge is 0.0914 e.